The lowest BCUT2D eigenvalue weighted by molar-refractivity contribution is 0.0947. The molecule has 1 aromatic heterocycles. The van der Waals surface area contributed by atoms with Crippen molar-refractivity contribution in [2.24, 2.45) is 7.05 Å². The predicted molar refractivity (Wildman–Crippen MR) is 80.3 cm³/mol. The number of hydrogen-bond acceptors (Lipinski definition) is 3. The molecule has 0 saturated carbocycles. The molecule has 0 fully saturated rings. The molecule has 0 saturated heterocycles. The molecule has 1 heterocycles. The number of benzene rings is 1. The van der Waals surface area contributed by atoms with Crippen LogP contribution in [0.25, 0.3) is 0 Å². The third-order valence-electron chi connectivity index (χ3n) is 3.67. The standard InChI is InChI=1S/C16H19N3O2/c1-10-11(2)19(4)15(18-10)9-17-16(21)14-7-5-13(6-8-14)12(3)20/h5-8H,9H2,1-4H3,(H,17,21). The monoisotopic (exact) mass is 285 g/mol. The fourth-order valence-corrected chi connectivity index (χ4v) is 2.06. The number of amides is 1. The summed E-state index contributed by atoms with van der Waals surface area (Å²) in [5, 5.41) is 2.84. The Labute approximate surface area is 124 Å². The average Bonchev–Trinajstić information content (AvgIpc) is 2.72. The predicted octanol–water partition coefficient (Wildman–Crippen LogP) is 2.17. The molecule has 5 nitrogen and oxygen atoms in total. The van der Waals surface area contributed by atoms with Crippen LogP contribution < -0.4 is 5.32 Å². The van der Waals surface area contributed by atoms with E-state index in [4.69, 9.17) is 0 Å². The van der Waals surface area contributed by atoms with Crippen LogP contribution >= 0.6 is 0 Å². The molecule has 0 aliphatic rings. The highest BCUT2D eigenvalue weighted by atomic mass is 16.1. The number of nitrogens with zero attached hydrogens (tertiary/aromatic N) is 2. The van der Waals surface area contributed by atoms with Crippen molar-refractivity contribution in [3.63, 3.8) is 0 Å². The number of ketones is 1. The molecule has 0 bridgehead atoms. The minimum Gasteiger partial charge on any atom is -0.345 e. The maximum atomic E-state index is 12.1. The van der Waals surface area contributed by atoms with Crippen molar-refractivity contribution in [3.05, 3.63) is 52.6 Å². The fourth-order valence-electron chi connectivity index (χ4n) is 2.06. The van der Waals surface area contributed by atoms with Crippen molar-refractivity contribution in [2.45, 2.75) is 27.3 Å². The van der Waals surface area contributed by atoms with Gasteiger partial charge in [-0.25, -0.2) is 4.98 Å². The molecule has 1 amide bonds. The molecule has 5 heteroatoms. The Morgan fingerprint density at radius 2 is 1.71 bits per heavy atom. The first kappa shape index (κ1) is 15.0. The Hall–Kier alpha value is -2.43. The molecule has 0 unspecified atom stereocenters. The number of aromatic nitrogens is 2. The van der Waals surface area contributed by atoms with Gasteiger partial charge in [0.25, 0.3) is 5.91 Å². The van der Waals surface area contributed by atoms with Gasteiger partial charge in [-0.15, -0.1) is 0 Å². The number of hydrogen-bond donors (Lipinski definition) is 1. The van der Waals surface area contributed by atoms with Crippen LogP contribution in [0.15, 0.2) is 24.3 Å². The number of aryl methyl sites for hydroxylation is 1. The van der Waals surface area contributed by atoms with Gasteiger partial charge < -0.3 is 9.88 Å². The van der Waals surface area contributed by atoms with Crippen molar-refractivity contribution in [1.29, 1.82) is 0 Å². The number of imidazole rings is 1. The lowest BCUT2D eigenvalue weighted by atomic mass is 10.1. The minimum absolute atomic E-state index is 0.0130. The second-order valence-corrected chi connectivity index (χ2v) is 5.07. The summed E-state index contributed by atoms with van der Waals surface area (Å²) in [6.45, 7) is 5.81. The summed E-state index contributed by atoms with van der Waals surface area (Å²) in [5.41, 5.74) is 3.18. The second-order valence-electron chi connectivity index (χ2n) is 5.07. The van der Waals surface area contributed by atoms with E-state index >= 15 is 0 Å². The van der Waals surface area contributed by atoms with Crippen molar-refractivity contribution in [3.8, 4) is 0 Å². The lowest BCUT2D eigenvalue weighted by Gasteiger charge is -2.06. The highest BCUT2D eigenvalue weighted by Gasteiger charge is 2.10. The first-order chi connectivity index (χ1) is 9.90. The van der Waals surface area contributed by atoms with Crippen LogP contribution in [0.2, 0.25) is 0 Å². The largest absolute Gasteiger partial charge is 0.345 e. The molecule has 1 N–H and O–H groups in total. The van der Waals surface area contributed by atoms with E-state index in [1.807, 2.05) is 25.5 Å². The highest BCUT2D eigenvalue weighted by molar-refractivity contribution is 5.97. The molecule has 0 aliphatic heterocycles. The van der Waals surface area contributed by atoms with Gasteiger partial charge in [0.15, 0.2) is 5.78 Å². The maximum Gasteiger partial charge on any atom is 0.251 e. The van der Waals surface area contributed by atoms with Crippen molar-refractivity contribution in [2.75, 3.05) is 0 Å². The Bertz CT molecular complexity index is 684. The number of carbonyl (C=O) groups excluding carboxylic acids is 2. The number of carbonyl (C=O) groups is 2. The Morgan fingerprint density at radius 1 is 1.14 bits per heavy atom. The quantitative estimate of drug-likeness (QED) is 0.876. The van der Waals surface area contributed by atoms with Crippen LogP contribution in [0.4, 0.5) is 0 Å². The zero-order chi connectivity index (χ0) is 15.6. The summed E-state index contributed by atoms with van der Waals surface area (Å²) in [6.07, 6.45) is 0. The van der Waals surface area contributed by atoms with E-state index in [1.165, 1.54) is 6.92 Å². The van der Waals surface area contributed by atoms with Crippen molar-refractivity contribution >= 4 is 11.7 Å². The molecule has 1 aromatic carbocycles. The average molecular weight is 285 g/mol. The molecule has 0 spiro atoms. The zero-order valence-corrected chi connectivity index (χ0v) is 12.7. The Kier molecular flexibility index (Phi) is 4.21. The normalized spacial score (nSPS) is 10.5. The van der Waals surface area contributed by atoms with E-state index in [0.29, 0.717) is 17.7 Å². The van der Waals surface area contributed by atoms with E-state index in [2.05, 4.69) is 10.3 Å². The van der Waals surface area contributed by atoms with Crippen LogP contribution in [-0.2, 0) is 13.6 Å². The van der Waals surface area contributed by atoms with Crippen molar-refractivity contribution in [1.82, 2.24) is 14.9 Å². The maximum absolute atomic E-state index is 12.1. The number of rotatable bonds is 4. The zero-order valence-electron chi connectivity index (χ0n) is 12.7. The van der Waals surface area contributed by atoms with Crippen molar-refractivity contribution < 1.29 is 9.59 Å². The SMILES string of the molecule is CC(=O)c1ccc(C(=O)NCc2nc(C)c(C)n2C)cc1. The molecule has 2 aromatic rings. The van der Waals surface area contributed by atoms with Gasteiger partial charge in [0.05, 0.1) is 12.2 Å². The summed E-state index contributed by atoms with van der Waals surface area (Å²) in [5.74, 6) is 0.628. The van der Waals surface area contributed by atoms with E-state index < -0.39 is 0 Å². The summed E-state index contributed by atoms with van der Waals surface area (Å²) >= 11 is 0. The van der Waals surface area contributed by atoms with E-state index in [1.54, 1.807) is 24.3 Å². The topological polar surface area (TPSA) is 64.0 Å². The van der Waals surface area contributed by atoms with Crippen LogP contribution in [0.1, 0.15) is 44.9 Å². The summed E-state index contributed by atoms with van der Waals surface area (Å²) < 4.78 is 1.97. The molecule has 0 radical (unpaired) electrons. The van der Waals surface area contributed by atoms with Gasteiger partial charge in [-0.05, 0) is 32.9 Å². The summed E-state index contributed by atoms with van der Waals surface area (Å²) in [4.78, 5) is 27.7. The summed E-state index contributed by atoms with van der Waals surface area (Å²) in [6, 6.07) is 6.63. The molecule has 110 valence electrons. The first-order valence-corrected chi connectivity index (χ1v) is 6.78. The third-order valence-corrected chi connectivity index (χ3v) is 3.67. The van der Waals surface area contributed by atoms with Gasteiger partial charge in [0.2, 0.25) is 0 Å². The van der Waals surface area contributed by atoms with Gasteiger partial charge in [0, 0.05) is 23.9 Å². The smallest absolute Gasteiger partial charge is 0.251 e. The van der Waals surface area contributed by atoms with Crippen LogP contribution in [0, 0.1) is 13.8 Å². The minimum atomic E-state index is -0.177. The van der Waals surface area contributed by atoms with Gasteiger partial charge >= 0.3 is 0 Å². The molecular formula is C16H19N3O2. The molecule has 0 atom stereocenters. The van der Waals surface area contributed by atoms with E-state index in [-0.39, 0.29) is 11.7 Å². The van der Waals surface area contributed by atoms with Crippen LogP contribution in [0.5, 0.6) is 0 Å². The first-order valence-electron chi connectivity index (χ1n) is 6.78. The van der Waals surface area contributed by atoms with E-state index in [0.717, 1.165) is 17.2 Å². The lowest BCUT2D eigenvalue weighted by Crippen LogP contribution is -2.24. The Balaban J connectivity index is 2.04. The highest BCUT2D eigenvalue weighted by Crippen LogP contribution is 2.09. The molecule has 0 aliphatic carbocycles. The van der Waals surface area contributed by atoms with E-state index in [9.17, 15) is 9.59 Å². The third kappa shape index (κ3) is 3.18. The Morgan fingerprint density at radius 3 is 2.19 bits per heavy atom. The molecule has 21 heavy (non-hydrogen) atoms. The molecule has 2 rings (SSSR count). The second kappa shape index (κ2) is 5.91. The number of nitrogens with one attached hydrogen (secondary N) is 1. The van der Waals surface area contributed by atoms with Gasteiger partial charge in [-0.1, -0.05) is 12.1 Å². The summed E-state index contributed by atoms with van der Waals surface area (Å²) in [7, 11) is 1.93. The van der Waals surface area contributed by atoms with Gasteiger partial charge in [0.1, 0.15) is 5.82 Å². The molecular weight excluding hydrogens is 266 g/mol. The fraction of sp³-hybridized carbons (Fsp3) is 0.312. The number of Topliss-reactive ketones (excluding diaryl/α,β-unsaturated/α-hetero) is 1. The van der Waals surface area contributed by atoms with Gasteiger partial charge in [-0.2, -0.15) is 0 Å². The van der Waals surface area contributed by atoms with Gasteiger partial charge in [-0.3, -0.25) is 9.59 Å². The van der Waals surface area contributed by atoms with Crippen LogP contribution in [0.3, 0.4) is 0 Å². The van der Waals surface area contributed by atoms with Crippen LogP contribution in [-0.4, -0.2) is 21.2 Å².